The van der Waals surface area contributed by atoms with Gasteiger partial charge in [-0.25, -0.2) is 9.97 Å². The lowest BCUT2D eigenvalue weighted by molar-refractivity contribution is 0.328. The van der Waals surface area contributed by atoms with Crippen molar-refractivity contribution < 1.29 is 0 Å². The Morgan fingerprint density at radius 1 is 1.03 bits per heavy atom. The number of hydrogen-bond donors (Lipinski definition) is 3. The minimum absolute atomic E-state index is 0.837. The van der Waals surface area contributed by atoms with Crippen molar-refractivity contribution in [3.63, 3.8) is 0 Å². The van der Waals surface area contributed by atoms with E-state index in [0.717, 1.165) is 46.9 Å². The van der Waals surface area contributed by atoms with Crippen LogP contribution >= 0.6 is 11.3 Å². The lowest BCUT2D eigenvalue weighted by atomic mass is 10.1. The fourth-order valence-corrected chi connectivity index (χ4v) is 4.88. The molecule has 0 aliphatic heterocycles. The number of nitrogens with one attached hydrogen (secondary N) is 3. The Hall–Kier alpha value is -3.26. The molecule has 3 aromatic heterocycles. The molecule has 2 aromatic carbocycles. The quantitative estimate of drug-likeness (QED) is 0.307. The zero-order valence-corrected chi connectivity index (χ0v) is 19.0. The summed E-state index contributed by atoms with van der Waals surface area (Å²) in [5.41, 5.74) is 5.61. The van der Waals surface area contributed by atoms with Gasteiger partial charge in [-0.1, -0.05) is 24.3 Å². The van der Waals surface area contributed by atoms with Gasteiger partial charge >= 0.3 is 0 Å². The molecule has 0 aliphatic carbocycles. The van der Waals surface area contributed by atoms with Crippen LogP contribution in [0.25, 0.3) is 31.6 Å². The van der Waals surface area contributed by atoms with E-state index in [4.69, 9.17) is 0 Å². The van der Waals surface area contributed by atoms with Gasteiger partial charge in [-0.3, -0.25) is 0 Å². The Labute approximate surface area is 191 Å². The van der Waals surface area contributed by atoms with Gasteiger partial charge in [0.2, 0.25) is 0 Å². The van der Waals surface area contributed by atoms with Gasteiger partial charge in [-0.2, -0.15) is 0 Å². The predicted octanol–water partition coefficient (Wildman–Crippen LogP) is 5.23. The van der Waals surface area contributed by atoms with Gasteiger partial charge in [0, 0.05) is 47.3 Å². The zero-order valence-electron chi connectivity index (χ0n) is 18.2. The molecule has 5 aromatic rings. The summed E-state index contributed by atoms with van der Waals surface area (Å²) in [4.78, 5) is 15.8. The van der Waals surface area contributed by atoms with Gasteiger partial charge in [-0.15, -0.1) is 11.3 Å². The maximum Gasteiger partial charge on any atom is 0.151 e. The average Bonchev–Trinajstić information content (AvgIpc) is 3.45. The van der Waals surface area contributed by atoms with Crippen molar-refractivity contribution in [3.8, 4) is 10.4 Å². The lowest BCUT2D eigenvalue weighted by Crippen LogP contribution is -2.26. The summed E-state index contributed by atoms with van der Waals surface area (Å²) in [6.45, 7) is 2.96. The summed E-state index contributed by atoms with van der Waals surface area (Å²) in [6, 6.07) is 19.3. The minimum atomic E-state index is 0.837. The predicted molar refractivity (Wildman–Crippen MR) is 135 cm³/mol. The molecule has 162 valence electrons. The fourth-order valence-electron chi connectivity index (χ4n) is 3.82. The zero-order chi connectivity index (χ0) is 21.9. The highest BCUT2D eigenvalue weighted by molar-refractivity contribution is 7.22. The van der Waals surface area contributed by atoms with E-state index in [2.05, 4.69) is 92.1 Å². The minimum Gasteiger partial charge on any atom is -0.361 e. The second kappa shape index (κ2) is 9.08. The van der Waals surface area contributed by atoms with E-state index in [1.807, 2.05) is 13.2 Å². The summed E-state index contributed by atoms with van der Waals surface area (Å²) in [7, 11) is 4.14. The first kappa shape index (κ1) is 20.6. The van der Waals surface area contributed by atoms with Crippen molar-refractivity contribution in [3.05, 3.63) is 72.7 Å². The highest BCUT2D eigenvalue weighted by Crippen LogP contribution is 2.36. The van der Waals surface area contributed by atoms with Crippen LogP contribution in [0.3, 0.4) is 0 Å². The number of hydrogen-bond acceptors (Lipinski definition) is 6. The van der Waals surface area contributed by atoms with Crippen molar-refractivity contribution in [1.29, 1.82) is 0 Å². The molecule has 0 saturated heterocycles. The van der Waals surface area contributed by atoms with Crippen LogP contribution in [-0.4, -0.2) is 47.0 Å². The van der Waals surface area contributed by atoms with Gasteiger partial charge in [0.1, 0.15) is 6.33 Å². The molecule has 7 heteroatoms. The van der Waals surface area contributed by atoms with E-state index >= 15 is 0 Å². The summed E-state index contributed by atoms with van der Waals surface area (Å²) < 4.78 is 1.06. The lowest BCUT2D eigenvalue weighted by Gasteiger charge is -2.16. The standard InChI is InChI=1S/C25H26N6S/c1-26-11-12-31(2)15-17-3-5-18(6-4-17)23-14-22-24(32-23)25(29-16-28-22)30-20-7-8-21-19(13-20)9-10-27-21/h3-10,13-14,16,26-27H,11-12,15H2,1-2H3,(H,28,29,30). The molecular formula is C25H26N6S. The molecule has 0 bridgehead atoms. The Bertz CT molecular complexity index is 1340. The molecule has 0 saturated carbocycles. The van der Waals surface area contributed by atoms with Gasteiger partial charge in [-0.05, 0) is 55.6 Å². The molecule has 0 amide bonds. The molecule has 0 atom stereocenters. The number of thiophene rings is 1. The van der Waals surface area contributed by atoms with E-state index < -0.39 is 0 Å². The van der Waals surface area contributed by atoms with Gasteiger partial charge < -0.3 is 20.5 Å². The van der Waals surface area contributed by atoms with Crippen molar-refractivity contribution in [1.82, 2.24) is 25.2 Å². The second-order valence-electron chi connectivity index (χ2n) is 7.99. The van der Waals surface area contributed by atoms with Crippen LogP contribution in [0.15, 0.2) is 67.1 Å². The van der Waals surface area contributed by atoms with Crippen LogP contribution in [0.4, 0.5) is 11.5 Å². The van der Waals surface area contributed by atoms with Crippen molar-refractivity contribution in [2.75, 3.05) is 32.5 Å². The van der Waals surface area contributed by atoms with Crippen LogP contribution in [0.2, 0.25) is 0 Å². The normalized spacial score (nSPS) is 11.6. The molecule has 0 aliphatic rings. The fraction of sp³-hybridized carbons (Fsp3) is 0.200. The van der Waals surface area contributed by atoms with E-state index in [0.29, 0.717) is 0 Å². The first-order chi connectivity index (χ1) is 15.7. The van der Waals surface area contributed by atoms with E-state index in [1.54, 1.807) is 17.7 Å². The van der Waals surface area contributed by atoms with Crippen molar-refractivity contribution in [2.45, 2.75) is 6.54 Å². The number of likely N-dealkylation sites (N-methyl/N-ethyl adjacent to an activating group) is 2. The maximum atomic E-state index is 4.52. The highest BCUT2D eigenvalue weighted by Gasteiger charge is 2.11. The monoisotopic (exact) mass is 442 g/mol. The number of aromatic nitrogens is 3. The van der Waals surface area contributed by atoms with E-state index in [1.165, 1.54) is 21.4 Å². The van der Waals surface area contributed by atoms with Gasteiger partial charge in [0.15, 0.2) is 5.82 Å². The summed E-state index contributed by atoms with van der Waals surface area (Å²) >= 11 is 1.72. The third-order valence-corrected chi connectivity index (χ3v) is 6.74. The molecule has 3 N–H and O–H groups in total. The summed E-state index contributed by atoms with van der Waals surface area (Å²) in [6.07, 6.45) is 3.58. The van der Waals surface area contributed by atoms with Crippen molar-refractivity contribution >= 4 is 44.0 Å². The van der Waals surface area contributed by atoms with Crippen LogP contribution in [0.5, 0.6) is 0 Å². The first-order valence-electron chi connectivity index (χ1n) is 10.7. The number of rotatable bonds is 8. The molecular weight excluding hydrogens is 416 g/mol. The van der Waals surface area contributed by atoms with Gasteiger partial charge in [0.25, 0.3) is 0 Å². The Balaban J connectivity index is 1.37. The van der Waals surface area contributed by atoms with Crippen LogP contribution in [0, 0.1) is 0 Å². The third-order valence-electron chi connectivity index (χ3n) is 5.56. The van der Waals surface area contributed by atoms with Crippen LogP contribution < -0.4 is 10.6 Å². The molecule has 3 heterocycles. The molecule has 0 fully saturated rings. The smallest absolute Gasteiger partial charge is 0.151 e. The van der Waals surface area contributed by atoms with E-state index in [-0.39, 0.29) is 0 Å². The third kappa shape index (κ3) is 4.36. The number of anilines is 2. The van der Waals surface area contributed by atoms with Crippen LogP contribution in [-0.2, 0) is 6.54 Å². The molecule has 32 heavy (non-hydrogen) atoms. The van der Waals surface area contributed by atoms with Crippen LogP contribution in [0.1, 0.15) is 5.56 Å². The molecule has 0 radical (unpaired) electrons. The maximum absolute atomic E-state index is 4.52. The second-order valence-corrected chi connectivity index (χ2v) is 9.04. The largest absolute Gasteiger partial charge is 0.361 e. The molecule has 0 spiro atoms. The number of aromatic amines is 1. The molecule has 0 unspecified atom stereocenters. The average molecular weight is 443 g/mol. The summed E-state index contributed by atoms with van der Waals surface area (Å²) in [5.74, 6) is 0.837. The Morgan fingerprint density at radius 2 is 1.91 bits per heavy atom. The number of nitrogens with zero attached hydrogens (tertiary/aromatic N) is 3. The number of benzene rings is 2. The molecule has 5 rings (SSSR count). The number of fused-ring (bicyclic) bond motifs is 2. The topological polar surface area (TPSA) is 68.9 Å². The number of H-pyrrole nitrogens is 1. The Morgan fingerprint density at radius 3 is 2.75 bits per heavy atom. The summed E-state index contributed by atoms with van der Waals surface area (Å²) in [5, 5.41) is 7.84. The first-order valence-corrected chi connectivity index (χ1v) is 11.5. The van der Waals surface area contributed by atoms with Crippen molar-refractivity contribution in [2.24, 2.45) is 0 Å². The SMILES string of the molecule is CNCCN(C)Cc1ccc(-c2cc3ncnc(Nc4ccc5[nH]ccc5c4)c3s2)cc1. The highest BCUT2D eigenvalue weighted by atomic mass is 32.1. The van der Waals surface area contributed by atoms with E-state index in [9.17, 15) is 0 Å². The Kier molecular flexibility index (Phi) is 5.85. The van der Waals surface area contributed by atoms with Gasteiger partial charge in [0.05, 0.1) is 10.2 Å². The molecule has 6 nitrogen and oxygen atoms in total.